The molecule has 0 bridgehead atoms. The SMILES string of the molecule is CC1=C(C(=O)NC(c2ccccc2)C(C)C(=O)O)CCC1. The van der Waals surface area contributed by atoms with Gasteiger partial charge in [0, 0.05) is 5.57 Å². The van der Waals surface area contributed by atoms with Crippen molar-refractivity contribution in [3.63, 3.8) is 0 Å². The van der Waals surface area contributed by atoms with Crippen molar-refractivity contribution in [2.75, 3.05) is 0 Å². The smallest absolute Gasteiger partial charge is 0.308 e. The average Bonchev–Trinajstić information content (AvgIpc) is 2.91. The van der Waals surface area contributed by atoms with Gasteiger partial charge in [-0.25, -0.2) is 0 Å². The first-order valence-corrected chi connectivity index (χ1v) is 7.28. The van der Waals surface area contributed by atoms with Crippen molar-refractivity contribution in [3.8, 4) is 0 Å². The van der Waals surface area contributed by atoms with Gasteiger partial charge in [0.15, 0.2) is 0 Å². The van der Waals surface area contributed by atoms with Crippen molar-refractivity contribution in [3.05, 3.63) is 47.0 Å². The molecule has 0 aromatic heterocycles. The van der Waals surface area contributed by atoms with Gasteiger partial charge in [-0.3, -0.25) is 9.59 Å². The van der Waals surface area contributed by atoms with Crippen molar-refractivity contribution in [2.45, 2.75) is 39.2 Å². The summed E-state index contributed by atoms with van der Waals surface area (Å²) in [6.07, 6.45) is 2.73. The van der Waals surface area contributed by atoms with Crippen LogP contribution in [0.2, 0.25) is 0 Å². The monoisotopic (exact) mass is 287 g/mol. The Morgan fingerprint density at radius 3 is 2.38 bits per heavy atom. The lowest BCUT2D eigenvalue weighted by Gasteiger charge is -2.23. The van der Waals surface area contributed by atoms with Crippen LogP contribution in [0.4, 0.5) is 0 Å². The molecule has 2 N–H and O–H groups in total. The van der Waals surface area contributed by atoms with E-state index in [4.69, 9.17) is 0 Å². The number of carbonyl (C=O) groups excluding carboxylic acids is 1. The van der Waals surface area contributed by atoms with Gasteiger partial charge in [0.25, 0.3) is 0 Å². The molecule has 21 heavy (non-hydrogen) atoms. The van der Waals surface area contributed by atoms with E-state index < -0.39 is 17.9 Å². The first-order valence-electron chi connectivity index (χ1n) is 7.28. The molecule has 112 valence electrons. The zero-order valence-electron chi connectivity index (χ0n) is 12.4. The molecule has 4 heteroatoms. The third kappa shape index (κ3) is 3.51. The number of carbonyl (C=O) groups is 2. The Hall–Kier alpha value is -2.10. The van der Waals surface area contributed by atoms with E-state index in [1.54, 1.807) is 6.92 Å². The first kappa shape index (κ1) is 15.3. The van der Waals surface area contributed by atoms with Gasteiger partial charge in [-0.15, -0.1) is 0 Å². The summed E-state index contributed by atoms with van der Waals surface area (Å²) in [5, 5.41) is 12.2. The molecule has 0 radical (unpaired) electrons. The Balaban J connectivity index is 2.23. The Morgan fingerprint density at radius 1 is 1.19 bits per heavy atom. The number of carboxylic acid groups (broad SMARTS) is 1. The largest absolute Gasteiger partial charge is 0.481 e. The van der Waals surface area contributed by atoms with Crippen LogP contribution in [-0.4, -0.2) is 17.0 Å². The number of carboxylic acids is 1. The Kier molecular flexibility index (Phi) is 4.78. The summed E-state index contributed by atoms with van der Waals surface area (Å²) in [6.45, 7) is 3.59. The van der Waals surface area contributed by atoms with Crippen LogP contribution in [0, 0.1) is 5.92 Å². The summed E-state index contributed by atoms with van der Waals surface area (Å²) in [6, 6.07) is 8.75. The lowest BCUT2D eigenvalue weighted by atomic mass is 9.94. The molecule has 4 nitrogen and oxygen atoms in total. The van der Waals surface area contributed by atoms with Gasteiger partial charge >= 0.3 is 5.97 Å². The molecule has 0 fully saturated rings. The summed E-state index contributed by atoms with van der Waals surface area (Å²) in [7, 11) is 0. The molecule has 1 aliphatic rings. The molecule has 1 aliphatic carbocycles. The number of hydrogen-bond acceptors (Lipinski definition) is 2. The predicted octanol–water partition coefficient (Wildman–Crippen LogP) is 3.07. The van der Waals surface area contributed by atoms with E-state index in [1.807, 2.05) is 37.3 Å². The second kappa shape index (κ2) is 6.57. The number of aliphatic carboxylic acids is 1. The lowest BCUT2D eigenvalue weighted by molar-refractivity contribution is -0.142. The van der Waals surface area contributed by atoms with Crippen molar-refractivity contribution in [1.29, 1.82) is 0 Å². The number of hydrogen-bond donors (Lipinski definition) is 2. The predicted molar refractivity (Wildman–Crippen MR) is 80.7 cm³/mol. The van der Waals surface area contributed by atoms with Crippen LogP contribution in [0.5, 0.6) is 0 Å². The average molecular weight is 287 g/mol. The molecular weight excluding hydrogens is 266 g/mol. The van der Waals surface area contributed by atoms with Crippen LogP contribution in [0.1, 0.15) is 44.7 Å². The van der Waals surface area contributed by atoms with Gasteiger partial charge in [-0.1, -0.05) is 35.9 Å². The minimum absolute atomic E-state index is 0.132. The van der Waals surface area contributed by atoms with E-state index in [0.29, 0.717) is 0 Å². The molecule has 0 saturated heterocycles. The third-order valence-corrected chi connectivity index (χ3v) is 4.10. The highest BCUT2D eigenvalue weighted by atomic mass is 16.4. The van der Waals surface area contributed by atoms with E-state index in [0.717, 1.165) is 36.0 Å². The van der Waals surface area contributed by atoms with Crippen LogP contribution >= 0.6 is 0 Å². The highest BCUT2D eigenvalue weighted by molar-refractivity contribution is 5.95. The molecule has 0 aliphatic heterocycles. The quantitative estimate of drug-likeness (QED) is 0.874. The fourth-order valence-corrected chi connectivity index (χ4v) is 2.73. The van der Waals surface area contributed by atoms with Crippen molar-refractivity contribution >= 4 is 11.9 Å². The van der Waals surface area contributed by atoms with Gasteiger partial charge in [-0.2, -0.15) is 0 Å². The normalized spacial score (nSPS) is 17.4. The highest BCUT2D eigenvalue weighted by Gasteiger charge is 2.28. The van der Waals surface area contributed by atoms with Crippen LogP contribution in [-0.2, 0) is 9.59 Å². The standard InChI is InChI=1S/C17H21NO3/c1-11-7-6-10-14(11)16(19)18-15(12(2)17(20)21)13-8-4-3-5-9-13/h3-5,8-9,12,15H,6-7,10H2,1-2H3,(H,18,19)(H,20,21). The summed E-state index contributed by atoms with van der Waals surface area (Å²) in [5.74, 6) is -1.73. The maximum absolute atomic E-state index is 12.4. The molecular formula is C17H21NO3. The molecule has 2 unspecified atom stereocenters. The van der Waals surface area contributed by atoms with Gasteiger partial charge in [0.2, 0.25) is 5.91 Å². The fourth-order valence-electron chi connectivity index (χ4n) is 2.73. The second-order valence-electron chi connectivity index (χ2n) is 5.60. The van der Waals surface area contributed by atoms with Gasteiger partial charge in [0.1, 0.15) is 0 Å². The first-order chi connectivity index (χ1) is 10.0. The van der Waals surface area contributed by atoms with E-state index >= 15 is 0 Å². The molecule has 2 rings (SSSR count). The van der Waals surface area contributed by atoms with E-state index in [2.05, 4.69) is 5.32 Å². The molecule has 0 saturated carbocycles. The summed E-state index contributed by atoms with van der Waals surface area (Å²) in [5.41, 5.74) is 2.74. The van der Waals surface area contributed by atoms with Crippen molar-refractivity contribution in [2.24, 2.45) is 5.92 Å². The molecule has 1 amide bonds. The zero-order valence-corrected chi connectivity index (χ0v) is 12.4. The Labute approximate surface area is 124 Å². The maximum Gasteiger partial charge on any atom is 0.308 e. The number of rotatable bonds is 5. The summed E-state index contributed by atoms with van der Waals surface area (Å²) < 4.78 is 0. The molecule has 1 aromatic rings. The highest BCUT2D eigenvalue weighted by Crippen LogP contribution is 2.28. The third-order valence-electron chi connectivity index (χ3n) is 4.10. The van der Waals surface area contributed by atoms with Crippen LogP contribution in [0.15, 0.2) is 41.5 Å². The summed E-state index contributed by atoms with van der Waals surface area (Å²) in [4.78, 5) is 23.7. The minimum Gasteiger partial charge on any atom is -0.481 e. The van der Waals surface area contributed by atoms with Crippen molar-refractivity contribution in [1.82, 2.24) is 5.32 Å². The van der Waals surface area contributed by atoms with Gasteiger partial charge < -0.3 is 10.4 Å². The van der Waals surface area contributed by atoms with Crippen LogP contribution in [0.25, 0.3) is 0 Å². The van der Waals surface area contributed by atoms with E-state index in [9.17, 15) is 14.7 Å². The zero-order chi connectivity index (χ0) is 15.4. The Bertz CT molecular complexity index is 563. The van der Waals surface area contributed by atoms with E-state index in [1.165, 1.54) is 0 Å². The summed E-state index contributed by atoms with van der Waals surface area (Å²) >= 11 is 0. The van der Waals surface area contributed by atoms with Crippen molar-refractivity contribution < 1.29 is 14.7 Å². The van der Waals surface area contributed by atoms with Crippen LogP contribution in [0.3, 0.4) is 0 Å². The van der Waals surface area contributed by atoms with Gasteiger partial charge in [-0.05, 0) is 38.7 Å². The minimum atomic E-state index is -0.915. The fraction of sp³-hybridized carbons (Fsp3) is 0.412. The Morgan fingerprint density at radius 2 is 1.86 bits per heavy atom. The molecule has 0 spiro atoms. The lowest BCUT2D eigenvalue weighted by Crippen LogP contribution is -2.36. The van der Waals surface area contributed by atoms with Crippen LogP contribution < -0.4 is 5.32 Å². The number of benzene rings is 1. The second-order valence-corrected chi connectivity index (χ2v) is 5.60. The topological polar surface area (TPSA) is 66.4 Å². The molecule has 2 atom stereocenters. The van der Waals surface area contributed by atoms with Gasteiger partial charge in [0.05, 0.1) is 12.0 Å². The van der Waals surface area contributed by atoms with E-state index in [-0.39, 0.29) is 5.91 Å². The number of nitrogens with one attached hydrogen (secondary N) is 1. The molecule has 1 aromatic carbocycles. The maximum atomic E-state index is 12.4. The number of amides is 1. The molecule has 0 heterocycles. The number of allylic oxidation sites excluding steroid dienone is 1.